The van der Waals surface area contributed by atoms with Crippen molar-refractivity contribution in [2.75, 3.05) is 18.5 Å². The third-order valence-electron chi connectivity index (χ3n) is 3.62. The van der Waals surface area contributed by atoms with Gasteiger partial charge in [0.15, 0.2) is 10.3 Å². The summed E-state index contributed by atoms with van der Waals surface area (Å²) in [6, 6.07) is 0. The fourth-order valence-electron chi connectivity index (χ4n) is 2.30. The van der Waals surface area contributed by atoms with Gasteiger partial charge in [-0.25, -0.2) is 24.5 Å². The molecule has 1 N–H and O–H groups in total. The Kier molecular flexibility index (Phi) is 8.88. The molecule has 0 unspecified atom stereocenters. The van der Waals surface area contributed by atoms with Crippen molar-refractivity contribution in [3.8, 4) is 11.4 Å². The van der Waals surface area contributed by atoms with Crippen LogP contribution in [0.5, 0.6) is 0 Å². The van der Waals surface area contributed by atoms with Crippen LogP contribution in [0.4, 0.5) is 15.4 Å². The Morgan fingerprint density at radius 3 is 2.42 bits per heavy atom. The Hall–Kier alpha value is -2.42. The van der Waals surface area contributed by atoms with Gasteiger partial charge >= 0.3 is 29.0 Å². The molecule has 4 aromatic rings. The van der Waals surface area contributed by atoms with Gasteiger partial charge in [0.25, 0.3) is 0 Å². The molecule has 33 heavy (non-hydrogen) atoms. The molecule has 0 spiro atoms. The van der Waals surface area contributed by atoms with Gasteiger partial charge in [0, 0.05) is 10.2 Å². The van der Waals surface area contributed by atoms with Gasteiger partial charge in [-0.2, -0.15) is 11.3 Å². The van der Waals surface area contributed by atoms with Crippen molar-refractivity contribution in [1.82, 2.24) is 19.9 Å². The van der Waals surface area contributed by atoms with E-state index in [1.54, 1.807) is 13.8 Å². The SMILES string of the molecule is CCOC(=O)c1cnc(/N=c2\[n-]c(-c3csc(Nc4ncc(C(=O)OCC)s4)n3)cs2)s1.[Cu+]. The van der Waals surface area contributed by atoms with Crippen LogP contribution in [0.15, 0.2) is 28.1 Å². The summed E-state index contributed by atoms with van der Waals surface area (Å²) < 4.78 is 9.93. The van der Waals surface area contributed by atoms with Gasteiger partial charge in [-0.1, -0.05) is 11.3 Å². The van der Waals surface area contributed by atoms with Crippen LogP contribution in [-0.2, 0) is 26.5 Å². The second kappa shape index (κ2) is 11.6. The van der Waals surface area contributed by atoms with Gasteiger partial charge in [0.2, 0.25) is 0 Å². The number of nitrogens with one attached hydrogen (secondary N) is 1. The molecule has 0 saturated heterocycles. The number of carbonyl (C=O) groups excluding carboxylic acids is 2. The van der Waals surface area contributed by atoms with Crippen LogP contribution < -0.4 is 15.1 Å². The minimum Gasteiger partial charge on any atom is -0.462 e. The van der Waals surface area contributed by atoms with Crippen molar-refractivity contribution in [3.05, 3.63) is 37.7 Å². The summed E-state index contributed by atoms with van der Waals surface area (Å²) in [6.07, 6.45) is 2.92. The smallest absolute Gasteiger partial charge is 0.462 e. The molecule has 0 aliphatic rings. The average Bonchev–Trinajstić information content (AvgIpc) is 3.57. The second-order valence-corrected chi connectivity index (χ2v) is 9.50. The molecular weight excluding hydrogens is 556 g/mol. The fourth-order valence-corrected chi connectivity index (χ4v) is 5.19. The van der Waals surface area contributed by atoms with Gasteiger partial charge in [-0.15, -0.1) is 22.7 Å². The summed E-state index contributed by atoms with van der Waals surface area (Å²) in [5.41, 5.74) is 1.36. The van der Waals surface area contributed by atoms with E-state index < -0.39 is 11.9 Å². The zero-order chi connectivity index (χ0) is 22.5. The second-order valence-electron chi connectivity index (χ2n) is 5.77. The van der Waals surface area contributed by atoms with E-state index in [0.29, 0.717) is 54.6 Å². The topological polar surface area (TPSA) is 130 Å². The first-order valence-electron chi connectivity index (χ1n) is 9.21. The summed E-state index contributed by atoms with van der Waals surface area (Å²) in [7, 11) is 0. The Morgan fingerprint density at radius 1 is 1.00 bits per heavy atom. The number of thiazole rings is 4. The van der Waals surface area contributed by atoms with Crippen molar-refractivity contribution in [1.29, 1.82) is 0 Å². The first-order chi connectivity index (χ1) is 15.6. The van der Waals surface area contributed by atoms with Crippen LogP contribution in [0.2, 0.25) is 0 Å². The molecule has 0 aromatic carbocycles. The molecule has 10 nitrogen and oxygen atoms in total. The molecule has 0 radical (unpaired) electrons. The maximum atomic E-state index is 11.8. The molecule has 0 saturated carbocycles. The largest absolute Gasteiger partial charge is 1.00 e. The van der Waals surface area contributed by atoms with Crippen molar-refractivity contribution in [3.63, 3.8) is 0 Å². The van der Waals surface area contributed by atoms with Crippen LogP contribution in [-0.4, -0.2) is 40.1 Å². The number of esters is 2. The fraction of sp³-hybridized carbons (Fsp3) is 0.222. The maximum Gasteiger partial charge on any atom is 1.00 e. The Morgan fingerprint density at radius 2 is 1.70 bits per heavy atom. The minimum atomic E-state index is -0.414. The zero-order valence-electron chi connectivity index (χ0n) is 17.0. The number of anilines is 2. The molecule has 4 rings (SSSR count). The van der Waals surface area contributed by atoms with Crippen LogP contribution in [0.3, 0.4) is 0 Å². The van der Waals surface area contributed by atoms with Gasteiger partial charge in [-0.05, 0) is 24.9 Å². The Balaban J connectivity index is 0.00000306. The van der Waals surface area contributed by atoms with Gasteiger partial charge in [-0.3, -0.25) is 0 Å². The van der Waals surface area contributed by atoms with Crippen LogP contribution in [0.1, 0.15) is 33.2 Å². The average molecular weight is 571 g/mol. The molecule has 0 aliphatic heterocycles. The predicted molar refractivity (Wildman–Crippen MR) is 123 cm³/mol. The molecule has 0 aliphatic carbocycles. The van der Waals surface area contributed by atoms with E-state index in [0.717, 1.165) is 11.3 Å². The van der Waals surface area contributed by atoms with Crippen LogP contribution >= 0.6 is 45.3 Å². The summed E-state index contributed by atoms with van der Waals surface area (Å²) >= 11 is 5.08. The van der Waals surface area contributed by atoms with E-state index in [9.17, 15) is 9.59 Å². The summed E-state index contributed by atoms with van der Waals surface area (Å²) in [4.78, 5) is 46.5. The Labute approximate surface area is 214 Å². The number of nitrogens with zero attached hydrogens (tertiary/aromatic N) is 5. The predicted octanol–water partition coefficient (Wildman–Crippen LogP) is 4.07. The van der Waals surface area contributed by atoms with E-state index >= 15 is 0 Å². The van der Waals surface area contributed by atoms with Crippen molar-refractivity contribution >= 4 is 72.7 Å². The van der Waals surface area contributed by atoms with E-state index in [-0.39, 0.29) is 17.1 Å². The molecule has 0 atom stereocenters. The van der Waals surface area contributed by atoms with Crippen LogP contribution in [0.25, 0.3) is 11.4 Å². The standard InChI is InChI=1S/C18H16N6O4S4.Cu/c1-3-27-13(25)11-5-19-15(31-11)23-17-21-9(7-29-17)10-8-30-18(22-10)24-16-20-6-12(32-16)14(26)28-4-2;/h5-8H,3-4H2,1-2H3,(H2,19,20,21,22,23,24,25,26);/q;+1/p-1. The molecule has 0 fully saturated rings. The monoisotopic (exact) mass is 570 g/mol. The number of rotatable bonds is 8. The van der Waals surface area contributed by atoms with Gasteiger partial charge < -0.3 is 24.8 Å². The van der Waals surface area contributed by atoms with Gasteiger partial charge in [0.05, 0.1) is 31.3 Å². The minimum absolute atomic E-state index is 0. The van der Waals surface area contributed by atoms with Gasteiger partial charge in [0.1, 0.15) is 14.9 Å². The van der Waals surface area contributed by atoms with Crippen LogP contribution in [0, 0.1) is 0 Å². The van der Waals surface area contributed by atoms with E-state index in [2.05, 4.69) is 30.2 Å². The number of aromatic nitrogens is 4. The molecular formula is C18H15CuN6O4S4. The molecule has 4 aromatic heterocycles. The number of hydrogen-bond acceptors (Lipinski definition) is 13. The Bertz CT molecular complexity index is 1310. The molecule has 0 amide bonds. The summed E-state index contributed by atoms with van der Waals surface area (Å²) in [5.74, 6) is -0.811. The zero-order valence-corrected chi connectivity index (χ0v) is 21.2. The summed E-state index contributed by atoms with van der Waals surface area (Å²) in [6.45, 7) is 4.12. The third-order valence-corrected chi connectivity index (χ3v) is 6.87. The normalized spacial score (nSPS) is 11.2. The van der Waals surface area contributed by atoms with E-state index in [1.807, 2.05) is 10.8 Å². The number of ether oxygens (including phenoxy) is 2. The van der Waals surface area contributed by atoms with E-state index in [4.69, 9.17) is 9.47 Å². The molecule has 0 bridgehead atoms. The first kappa shape index (κ1) is 25.2. The molecule has 176 valence electrons. The maximum absolute atomic E-state index is 11.8. The number of carbonyl (C=O) groups is 2. The summed E-state index contributed by atoms with van der Waals surface area (Å²) in [5, 5.41) is 8.39. The molecule has 15 heteroatoms. The first-order valence-corrected chi connectivity index (χ1v) is 12.6. The van der Waals surface area contributed by atoms with Crippen molar-refractivity contribution in [2.24, 2.45) is 4.99 Å². The van der Waals surface area contributed by atoms with E-state index in [1.165, 1.54) is 46.4 Å². The number of hydrogen-bond donors (Lipinski definition) is 1. The quantitative estimate of drug-likeness (QED) is 0.246. The molecule has 4 heterocycles. The van der Waals surface area contributed by atoms with Crippen molar-refractivity contribution < 1.29 is 36.1 Å². The van der Waals surface area contributed by atoms with Crippen molar-refractivity contribution in [2.45, 2.75) is 13.8 Å². The third kappa shape index (κ3) is 6.34.